The highest BCUT2D eigenvalue weighted by Gasteiger charge is 2.20. The summed E-state index contributed by atoms with van der Waals surface area (Å²) in [7, 11) is 1.64. The number of nitrogens with one attached hydrogen (secondary N) is 1. The number of hydrogen-bond acceptors (Lipinski definition) is 4. The van der Waals surface area contributed by atoms with Gasteiger partial charge in [0.2, 0.25) is 0 Å². The smallest absolute Gasteiger partial charge is 0.255 e. The maximum absolute atomic E-state index is 13.1. The molecule has 0 fully saturated rings. The molecule has 6 nitrogen and oxygen atoms in total. The lowest BCUT2D eigenvalue weighted by molar-refractivity contribution is 0.0828. The molecule has 0 saturated carbocycles. The third-order valence-electron chi connectivity index (χ3n) is 4.82. The molecule has 4 aromatic rings. The highest BCUT2D eigenvalue weighted by atomic mass is 16.5. The first-order valence-electron chi connectivity index (χ1n) is 9.67. The summed E-state index contributed by atoms with van der Waals surface area (Å²) in [5.41, 5.74) is 3.73. The number of carbonyl (C=O) groups is 1. The van der Waals surface area contributed by atoms with Crippen LogP contribution < -0.4 is 5.32 Å². The molecule has 0 aliphatic heterocycles. The van der Waals surface area contributed by atoms with Gasteiger partial charge in [0, 0.05) is 37.8 Å². The number of hydrogen-bond donors (Lipinski definition) is 1. The predicted octanol–water partition coefficient (Wildman–Crippen LogP) is 4.05. The maximum atomic E-state index is 13.1. The molecule has 1 unspecified atom stereocenters. The first-order valence-corrected chi connectivity index (χ1v) is 9.67. The Labute approximate surface area is 175 Å². The third-order valence-corrected chi connectivity index (χ3v) is 4.82. The number of para-hydroxylation sites is 1. The molecule has 6 heteroatoms. The summed E-state index contributed by atoms with van der Waals surface area (Å²) in [5.74, 6) is -0.214. The van der Waals surface area contributed by atoms with Crippen LogP contribution in [0, 0.1) is 0 Å². The van der Waals surface area contributed by atoms with E-state index in [4.69, 9.17) is 4.74 Å². The minimum Gasteiger partial charge on any atom is -0.375 e. The molecular formula is C24H22N4O2. The van der Waals surface area contributed by atoms with E-state index in [1.807, 2.05) is 72.8 Å². The van der Waals surface area contributed by atoms with Gasteiger partial charge < -0.3 is 10.1 Å². The average Bonchev–Trinajstić information content (AvgIpc) is 3.27. The quantitative estimate of drug-likeness (QED) is 0.510. The average molecular weight is 398 g/mol. The molecule has 1 N–H and O–H groups in total. The minimum absolute atomic E-state index is 0.214. The van der Waals surface area contributed by atoms with Gasteiger partial charge in [-0.05, 0) is 29.8 Å². The Morgan fingerprint density at radius 1 is 1.03 bits per heavy atom. The van der Waals surface area contributed by atoms with E-state index in [1.54, 1.807) is 30.4 Å². The maximum Gasteiger partial charge on any atom is 0.255 e. The Morgan fingerprint density at radius 3 is 2.43 bits per heavy atom. The topological polar surface area (TPSA) is 69.0 Å². The fourth-order valence-electron chi connectivity index (χ4n) is 3.25. The lowest BCUT2D eigenvalue weighted by atomic mass is 10.1. The lowest BCUT2D eigenvalue weighted by Crippen LogP contribution is -2.29. The second kappa shape index (κ2) is 9.15. The molecule has 0 radical (unpaired) electrons. The molecule has 0 saturated heterocycles. The van der Waals surface area contributed by atoms with Gasteiger partial charge in [0.25, 0.3) is 5.91 Å². The number of methoxy groups -OCH3 is 1. The van der Waals surface area contributed by atoms with Crippen LogP contribution in [0.4, 0.5) is 0 Å². The summed E-state index contributed by atoms with van der Waals surface area (Å²) >= 11 is 0. The van der Waals surface area contributed by atoms with Gasteiger partial charge >= 0.3 is 0 Å². The molecule has 1 amide bonds. The SMILES string of the molecule is COC(CNC(=O)c1cn(-c2ccccc2)nc1-c1cccnc1)c1ccccc1. The first kappa shape index (κ1) is 19.5. The molecular weight excluding hydrogens is 376 g/mol. The Bertz CT molecular complexity index is 1100. The number of benzene rings is 2. The molecule has 2 aromatic carbocycles. The van der Waals surface area contributed by atoms with Crippen LogP contribution in [0.15, 0.2) is 91.4 Å². The molecule has 4 rings (SSSR count). The van der Waals surface area contributed by atoms with Gasteiger partial charge in [-0.1, -0.05) is 48.5 Å². The van der Waals surface area contributed by atoms with Crippen LogP contribution in [0.25, 0.3) is 16.9 Å². The van der Waals surface area contributed by atoms with Gasteiger partial charge in [-0.15, -0.1) is 0 Å². The summed E-state index contributed by atoms with van der Waals surface area (Å²) < 4.78 is 7.28. The summed E-state index contributed by atoms with van der Waals surface area (Å²) in [5, 5.41) is 7.65. The normalized spacial score (nSPS) is 11.8. The number of pyridine rings is 1. The number of nitrogens with zero attached hydrogens (tertiary/aromatic N) is 3. The van der Waals surface area contributed by atoms with E-state index in [1.165, 1.54) is 0 Å². The third kappa shape index (κ3) is 4.29. The van der Waals surface area contributed by atoms with Crippen LogP contribution in [0.3, 0.4) is 0 Å². The zero-order valence-electron chi connectivity index (χ0n) is 16.6. The van der Waals surface area contributed by atoms with Crippen molar-refractivity contribution in [3.05, 3.63) is 103 Å². The zero-order chi connectivity index (χ0) is 20.8. The van der Waals surface area contributed by atoms with Gasteiger partial charge in [-0.2, -0.15) is 5.10 Å². The summed E-state index contributed by atoms with van der Waals surface area (Å²) in [6.07, 6.45) is 4.91. The van der Waals surface area contributed by atoms with Crippen molar-refractivity contribution < 1.29 is 9.53 Å². The van der Waals surface area contributed by atoms with Crippen molar-refractivity contribution in [1.29, 1.82) is 0 Å². The van der Waals surface area contributed by atoms with Crippen molar-refractivity contribution >= 4 is 5.91 Å². The van der Waals surface area contributed by atoms with Gasteiger partial charge in [0.1, 0.15) is 5.69 Å². The summed E-state index contributed by atoms with van der Waals surface area (Å²) in [6.45, 7) is 0.350. The van der Waals surface area contributed by atoms with Crippen molar-refractivity contribution in [1.82, 2.24) is 20.1 Å². The molecule has 2 heterocycles. The van der Waals surface area contributed by atoms with E-state index in [-0.39, 0.29) is 12.0 Å². The molecule has 0 aliphatic carbocycles. The van der Waals surface area contributed by atoms with Gasteiger partial charge in [0.15, 0.2) is 0 Å². The lowest BCUT2D eigenvalue weighted by Gasteiger charge is -2.16. The highest BCUT2D eigenvalue weighted by Crippen LogP contribution is 2.23. The van der Waals surface area contributed by atoms with E-state index in [0.717, 1.165) is 16.8 Å². The van der Waals surface area contributed by atoms with E-state index in [9.17, 15) is 4.79 Å². The molecule has 150 valence electrons. The molecule has 0 bridgehead atoms. The van der Waals surface area contributed by atoms with Crippen LogP contribution in [0.5, 0.6) is 0 Å². The molecule has 1 atom stereocenters. The number of aromatic nitrogens is 3. The Hall–Kier alpha value is -3.77. The van der Waals surface area contributed by atoms with Crippen molar-refractivity contribution in [3.63, 3.8) is 0 Å². The van der Waals surface area contributed by atoms with Crippen molar-refractivity contribution in [2.24, 2.45) is 0 Å². The molecule has 0 aliphatic rings. The summed E-state index contributed by atoms with van der Waals surface area (Å²) in [6, 6.07) is 23.2. The minimum atomic E-state index is -0.235. The fraction of sp³-hybridized carbons (Fsp3) is 0.125. The van der Waals surface area contributed by atoms with Crippen LogP contribution in [-0.2, 0) is 4.74 Å². The van der Waals surface area contributed by atoms with Crippen molar-refractivity contribution in [2.45, 2.75) is 6.10 Å². The first-order chi connectivity index (χ1) is 14.8. The van der Waals surface area contributed by atoms with Gasteiger partial charge in [-0.3, -0.25) is 9.78 Å². The fourth-order valence-corrected chi connectivity index (χ4v) is 3.25. The van der Waals surface area contributed by atoms with E-state index in [2.05, 4.69) is 15.4 Å². The van der Waals surface area contributed by atoms with Crippen LogP contribution in [-0.4, -0.2) is 34.3 Å². The Kier molecular flexibility index (Phi) is 5.96. The Balaban J connectivity index is 1.62. The largest absolute Gasteiger partial charge is 0.375 e. The van der Waals surface area contributed by atoms with Gasteiger partial charge in [0.05, 0.1) is 17.4 Å². The van der Waals surface area contributed by atoms with E-state index < -0.39 is 0 Å². The standard InChI is InChI=1S/C24H22N4O2/c1-30-22(18-9-4-2-5-10-18)16-26-24(29)21-17-28(20-12-6-3-7-13-20)27-23(21)19-11-8-14-25-15-19/h2-15,17,22H,16H2,1H3,(H,26,29). The molecule has 0 spiro atoms. The Morgan fingerprint density at radius 2 is 1.77 bits per heavy atom. The van der Waals surface area contributed by atoms with Crippen LogP contribution in [0.2, 0.25) is 0 Å². The zero-order valence-corrected chi connectivity index (χ0v) is 16.6. The molecule has 2 aromatic heterocycles. The van der Waals surface area contributed by atoms with Crippen LogP contribution in [0.1, 0.15) is 22.0 Å². The summed E-state index contributed by atoms with van der Waals surface area (Å²) in [4.78, 5) is 17.3. The van der Waals surface area contributed by atoms with Crippen molar-refractivity contribution in [3.8, 4) is 16.9 Å². The highest BCUT2D eigenvalue weighted by molar-refractivity contribution is 5.99. The number of carbonyl (C=O) groups excluding carboxylic acids is 1. The van der Waals surface area contributed by atoms with Crippen molar-refractivity contribution in [2.75, 3.05) is 13.7 Å². The predicted molar refractivity (Wildman–Crippen MR) is 115 cm³/mol. The number of amides is 1. The van der Waals surface area contributed by atoms with E-state index >= 15 is 0 Å². The second-order valence-corrected chi connectivity index (χ2v) is 6.76. The van der Waals surface area contributed by atoms with Gasteiger partial charge in [-0.25, -0.2) is 4.68 Å². The van der Waals surface area contributed by atoms with E-state index in [0.29, 0.717) is 17.8 Å². The van der Waals surface area contributed by atoms with Crippen LogP contribution >= 0.6 is 0 Å². The number of rotatable bonds is 7. The monoisotopic (exact) mass is 398 g/mol. The molecule has 30 heavy (non-hydrogen) atoms. The number of ether oxygens (including phenoxy) is 1. The second-order valence-electron chi connectivity index (χ2n) is 6.76.